The molecule has 2 amide bonds. The average Bonchev–Trinajstić information content (AvgIpc) is 3.19. The quantitative estimate of drug-likeness (QED) is 0.720. The molecule has 2 aromatic rings. The lowest BCUT2D eigenvalue weighted by atomic mass is 10.0. The normalized spacial score (nSPS) is 18.9. The van der Waals surface area contributed by atoms with E-state index in [9.17, 15) is 18.0 Å². The number of hydrogen-bond acceptors (Lipinski definition) is 4. The van der Waals surface area contributed by atoms with Crippen molar-refractivity contribution in [1.29, 1.82) is 0 Å². The first kappa shape index (κ1) is 23.4. The Morgan fingerprint density at radius 2 is 1.67 bits per heavy atom. The van der Waals surface area contributed by atoms with Gasteiger partial charge in [0.1, 0.15) is 6.04 Å². The maximum atomic E-state index is 13.1. The van der Waals surface area contributed by atoms with Gasteiger partial charge in [-0.15, -0.1) is 0 Å². The van der Waals surface area contributed by atoms with Crippen LogP contribution in [0.4, 0.5) is 11.4 Å². The Morgan fingerprint density at radius 3 is 2.27 bits per heavy atom. The third kappa shape index (κ3) is 4.68. The van der Waals surface area contributed by atoms with E-state index in [1.165, 1.54) is 21.7 Å². The highest BCUT2D eigenvalue weighted by Gasteiger charge is 2.38. The molecular weight excluding hydrogens is 438 g/mol. The van der Waals surface area contributed by atoms with Gasteiger partial charge in [-0.3, -0.25) is 14.5 Å². The lowest BCUT2D eigenvalue weighted by Gasteiger charge is -2.26. The molecule has 0 bridgehead atoms. The highest BCUT2D eigenvalue weighted by Crippen LogP contribution is 2.35. The molecule has 2 heterocycles. The van der Waals surface area contributed by atoms with E-state index in [0.29, 0.717) is 35.9 Å². The number of rotatable bonds is 5. The molecule has 0 spiro atoms. The first-order valence-electron chi connectivity index (χ1n) is 11.5. The maximum Gasteiger partial charge on any atom is 0.247 e. The van der Waals surface area contributed by atoms with Crippen LogP contribution < -0.4 is 10.2 Å². The third-order valence-corrected chi connectivity index (χ3v) is 8.37. The number of carbonyl (C=O) groups is 2. The number of carbonyl (C=O) groups excluding carboxylic acids is 2. The van der Waals surface area contributed by atoms with Crippen molar-refractivity contribution in [3.63, 3.8) is 0 Å². The summed E-state index contributed by atoms with van der Waals surface area (Å²) in [5.41, 5.74) is 3.13. The van der Waals surface area contributed by atoms with Gasteiger partial charge in [0.15, 0.2) is 0 Å². The molecule has 2 aliphatic heterocycles. The number of benzene rings is 2. The second kappa shape index (κ2) is 9.27. The molecule has 1 saturated heterocycles. The van der Waals surface area contributed by atoms with Gasteiger partial charge >= 0.3 is 0 Å². The lowest BCUT2D eigenvalue weighted by Crippen LogP contribution is -2.44. The Kier molecular flexibility index (Phi) is 6.59. The summed E-state index contributed by atoms with van der Waals surface area (Å²) in [4.78, 5) is 27.2. The molecule has 0 saturated carbocycles. The second-order valence-electron chi connectivity index (χ2n) is 9.13. The van der Waals surface area contributed by atoms with Crippen molar-refractivity contribution in [2.45, 2.75) is 63.3 Å². The predicted molar refractivity (Wildman–Crippen MR) is 129 cm³/mol. The van der Waals surface area contributed by atoms with E-state index in [2.05, 4.69) is 19.2 Å². The minimum Gasteiger partial charge on any atom is -0.324 e. The molecule has 1 unspecified atom stereocenters. The fourth-order valence-electron chi connectivity index (χ4n) is 4.62. The summed E-state index contributed by atoms with van der Waals surface area (Å²) in [5, 5.41) is 2.91. The zero-order chi connectivity index (χ0) is 23.8. The molecule has 0 radical (unpaired) electrons. The molecule has 1 atom stereocenters. The standard InChI is InChI=1S/C25H31N3O4S/c1-17(2)19-7-9-21(10-8-19)26-25(30)24-16-20-15-22(11-12-23(20)28(24)18(3)29)33(31,32)27-13-5-4-6-14-27/h7-12,15,17,24H,4-6,13-14,16H2,1-3H3,(H,26,30). The highest BCUT2D eigenvalue weighted by atomic mass is 32.2. The molecule has 1 fully saturated rings. The topological polar surface area (TPSA) is 86.8 Å². The fraction of sp³-hybridized carbons (Fsp3) is 0.440. The first-order valence-corrected chi connectivity index (χ1v) is 13.0. The third-order valence-electron chi connectivity index (χ3n) is 6.48. The molecule has 2 aromatic carbocycles. The summed E-state index contributed by atoms with van der Waals surface area (Å²) in [5.74, 6) is -0.155. The number of piperidine rings is 1. The first-order chi connectivity index (χ1) is 15.7. The number of amides is 2. The van der Waals surface area contributed by atoms with E-state index in [0.717, 1.165) is 19.3 Å². The minimum atomic E-state index is -3.59. The fourth-order valence-corrected chi connectivity index (χ4v) is 6.19. The van der Waals surface area contributed by atoms with Crippen molar-refractivity contribution in [3.05, 3.63) is 53.6 Å². The van der Waals surface area contributed by atoms with E-state index >= 15 is 0 Å². The monoisotopic (exact) mass is 469 g/mol. The Bertz CT molecular complexity index is 1150. The molecule has 4 rings (SSSR count). The van der Waals surface area contributed by atoms with Crippen LogP contribution in [0.1, 0.15) is 57.1 Å². The van der Waals surface area contributed by atoms with Crippen molar-refractivity contribution in [2.24, 2.45) is 0 Å². The Hall–Kier alpha value is -2.71. The lowest BCUT2D eigenvalue weighted by molar-refractivity contribution is -0.122. The predicted octanol–water partition coefficient (Wildman–Crippen LogP) is 3.90. The van der Waals surface area contributed by atoms with Crippen LogP contribution >= 0.6 is 0 Å². The van der Waals surface area contributed by atoms with E-state index in [4.69, 9.17) is 0 Å². The number of sulfonamides is 1. The van der Waals surface area contributed by atoms with E-state index < -0.39 is 16.1 Å². The average molecular weight is 470 g/mol. The van der Waals surface area contributed by atoms with Gasteiger partial charge in [0, 0.05) is 37.8 Å². The second-order valence-corrected chi connectivity index (χ2v) is 11.1. The molecule has 0 aromatic heterocycles. The molecular formula is C25H31N3O4S. The SMILES string of the molecule is CC(=O)N1c2ccc(S(=O)(=O)N3CCCCC3)cc2CC1C(=O)Nc1ccc(C(C)C)cc1. The molecule has 1 N–H and O–H groups in total. The maximum absolute atomic E-state index is 13.1. The van der Waals surface area contributed by atoms with Gasteiger partial charge in [-0.25, -0.2) is 8.42 Å². The Morgan fingerprint density at radius 1 is 1.00 bits per heavy atom. The summed E-state index contributed by atoms with van der Waals surface area (Å²) < 4.78 is 27.7. The van der Waals surface area contributed by atoms with E-state index in [-0.39, 0.29) is 23.1 Å². The van der Waals surface area contributed by atoms with Crippen molar-refractivity contribution in [3.8, 4) is 0 Å². The number of fused-ring (bicyclic) bond motifs is 1. The number of hydrogen-bond donors (Lipinski definition) is 1. The van der Waals surface area contributed by atoms with Crippen LogP contribution in [0.15, 0.2) is 47.4 Å². The molecule has 2 aliphatic rings. The van der Waals surface area contributed by atoms with Gasteiger partial charge in [0.25, 0.3) is 0 Å². The molecule has 7 nitrogen and oxygen atoms in total. The van der Waals surface area contributed by atoms with Crippen LogP contribution in [0.2, 0.25) is 0 Å². The number of anilines is 2. The van der Waals surface area contributed by atoms with E-state index in [1.54, 1.807) is 18.2 Å². The van der Waals surface area contributed by atoms with Gasteiger partial charge in [-0.05, 0) is 60.2 Å². The summed E-state index contributed by atoms with van der Waals surface area (Å²) >= 11 is 0. The zero-order valence-electron chi connectivity index (χ0n) is 19.4. The van der Waals surface area contributed by atoms with Crippen molar-refractivity contribution < 1.29 is 18.0 Å². The molecule has 0 aliphatic carbocycles. The van der Waals surface area contributed by atoms with Gasteiger partial charge < -0.3 is 5.32 Å². The van der Waals surface area contributed by atoms with Crippen molar-refractivity contribution >= 4 is 33.2 Å². The van der Waals surface area contributed by atoms with Crippen molar-refractivity contribution in [2.75, 3.05) is 23.3 Å². The van der Waals surface area contributed by atoms with Gasteiger partial charge in [-0.2, -0.15) is 4.31 Å². The van der Waals surface area contributed by atoms with Crippen molar-refractivity contribution in [1.82, 2.24) is 4.31 Å². The van der Waals surface area contributed by atoms with E-state index in [1.807, 2.05) is 24.3 Å². The Labute approximate surface area is 195 Å². The van der Waals surface area contributed by atoms with Gasteiger partial charge in [-0.1, -0.05) is 32.4 Å². The molecule has 8 heteroatoms. The Balaban J connectivity index is 1.57. The number of nitrogens with one attached hydrogen (secondary N) is 1. The van der Waals surface area contributed by atoms with Gasteiger partial charge in [0.05, 0.1) is 4.90 Å². The minimum absolute atomic E-state index is 0.219. The highest BCUT2D eigenvalue weighted by molar-refractivity contribution is 7.89. The van der Waals surface area contributed by atoms with Crippen LogP contribution in [0.3, 0.4) is 0 Å². The summed E-state index contributed by atoms with van der Waals surface area (Å²) in [7, 11) is -3.59. The zero-order valence-corrected chi connectivity index (χ0v) is 20.2. The van der Waals surface area contributed by atoms with Crippen LogP contribution in [-0.2, 0) is 26.0 Å². The summed E-state index contributed by atoms with van der Waals surface area (Å²) in [6, 6.07) is 11.8. The summed E-state index contributed by atoms with van der Waals surface area (Å²) in [6.07, 6.45) is 3.04. The van der Waals surface area contributed by atoms with Crippen LogP contribution in [0.5, 0.6) is 0 Å². The van der Waals surface area contributed by atoms with Crippen LogP contribution in [0.25, 0.3) is 0 Å². The molecule has 176 valence electrons. The van der Waals surface area contributed by atoms with Gasteiger partial charge in [0.2, 0.25) is 21.8 Å². The van der Waals surface area contributed by atoms with Crippen LogP contribution in [0, 0.1) is 0 Å². The largest absolute Gasteiger partial charge is 0.324 e. The summed E-state index contributed by atoms with van der Waals surface area (Å²) in [6.45, 7) is 6.69. The van der Waals surface area contributed by atoms with Crippen LogP contribution in [-0.4, -0.2) is 43.7 Å². The number of nitrogens with zero attached hydrogens (tertiary/aromatic N) is 2. The smallest absolute Gasteiger partial charge is 0.247 e. The molecule has 33 heavy (non-hydrogen) atoms.